The molecule has 2 rings (SSSR count). The van der Waals surface area contributed by atoms with Gasteiger partial charge in [-0.3, -0.25) is 0 Å². The predicted octanol–water partition coefficient (Wildman–Crippen LogP) is 0.831. The summed E-state index contributed by atoms with van der Waals surface area (Å²) in [4.78, 5) is 0. The summed E-state index contributed by atoms with van der Waals surface area (Å²) in [5.74, 6) is 0.176. The van der Waals surface area contributed by atoms with E-state index in [1.807, 2.05) is 6.07 Å². The average Bonchev–Trinajstić information content (AvgIpc) is 2.48. The van der Waals surface area contributed by atoms with Crippen LogP contribution in [0.15, 0.2) is 12.1 Å². The van der Waals surface area contributed by atoms with E-state index in [9.17, 15) is 5.11 Å². The first-order valence-corrected chi connectivity index (χ1v) is 4.44. The summed E-state index contributed by atoms with van der Waals surface area (Å²) in [6, 6.07) is 3.53. The first-order valence-electron chi connectivity index (χ1n) is 4.44. The van der Waals surface area contributed by atoms with Gasteiger partial charge in [-0.05, 0) is 30.0 Å². The van der Waals surface area contributed by atoms with Gasteiger partial charge in [-0.15, -0.1) is 0 Å². The molecule has 0 spiro atoms. The molecule has 0 aromatic heterocycles. The van der Waals surface area contributed by atoms with Gasteiger partial charge in [-0.1, -0.05) is 6.07 Å². The maximum atomic E-state index is 9.46. The molecule has 0 amide bonds. The molecule has 0 bridgehead atoms. The lowest BCUT2D eigenvalue weighted by Gasteiger charge is -2.09. The molecule has 0 unspecified atom stereocenters. The molecule has 0 saturated carbocycles. The molecule has 0 aliphatic heterocycles. The molecule has 0 radical (unpaired) electrons. The van der Waals surface area contributed by atoms with Crippen LogP contribution in [-0.4, -0.2) is 10.2 Å². The predicted molar refractivity (Wildman–Crippen MR) is 49.3 cm³/mol. The summed E-state index contributed by atoms with van der Waals surface area (Å²) < 4.78 is 0. The number of fused-ring (bicyclic) bond motifs is 1. The molecule has 0 saturated heterocycles. The summed E-state index contributed by atoms with van der Waals surface area (Å²) in [5.41, 5.74) is 8.61. The minimum absolute atomic E-state index is 0.0703. The van der Waals surface area contributed by atoms with Gasteiger partial charge in [-0.2, -0.15) is 0 Å². The highest BCUT2D eigenvalue weighted by atomic mass is 16.3. The van der Waals surface area contributed by atoms with Crippen molar-refractivity contribution in [3.63, 3.8) is 0 Å². The van der Waals surface area contributed by atoms with Gasteiger partial charge in [0.05, 0.1) is 6.61 Å². The van der Waals surface area contributed by atoms with Crippen LogP contribution in [0.4, 0.5) is 0 Å². The summed E-state index contributed by atoms with van der Waals surface area (Å²) in [5, 5.41) is 18.5. The maximum Gasteiger partial charge on any atom is 0.121 e. The van der Waals surface area contributed by atoms with E-state index in [-0.39, 0.29) is 18.4 Å². The molecule has 1 atom stereocenters. The molecule has 13 heavy (non-hydrogen) atoms. The van der Waals surface area contributed by atoms with Crippen LogP contribution in [0.2, 0.25) is 0 Å². The van der Waals surface area contributed by atoms with Crippen molar-refractivity contribution in [3.05, 3.63) is 28.8 Å². The van der Waals surface area contributed by atoms with Gasteiger partial charge >= 0.3 is 0 Å². The van der Waals surface area contributed by atoms with E-state index < -0.39 is 0 Å². The first-order chi connectivity index (χ1) is 6.24. The number of hydrogen-bond donors (Lipinski definition) is 3. The molecule has 70 valence electrons. The lowest BCUT2D eigenvalue weighted by molar-refractivity contribution is 0.274. The van der Waals surface area contributed by atoms with Crippen molar-refractivity contribution >= 4 is 0 Å². The third-order valence-electron chi connectivity index (χ3n) is 2.71. The molecular weight excluding hydrogens is 166 g/mol. The van der Waals surface area contributed by atoms with Crippen molar-refractivity contribution in [1.29, 1.82) is 0 Å². The minimum atomic E-state index is -0.109. The Bertz CT molecular complexity index is 336. The standard InChI is InChI=1S/C10H13NO2/c11-9-3-1-6-7(9)2-4-10(13)8(6)5-12/h2,4,9,12-13H,1,3,5,11H2/t9-/m1/s1. The number of phenols is 1. The van der Waals surface area contributed by atoms with Crippen LogP contribution >= 0.6 is 0 Å². The van der Waals surface area contributed by atoms with Crippen LogP contribution in [0.3, 0.4) is 0 Å². The molecule has 0 heterocycles. The number of rotatable bonds is 1. The van der Waals surface area contributed by atoms with Crippen LogP contribution in [0.25, 0.3) is 0 Å². The van der Waals surface area contributed by atoms with E-state index in [2.05, 4.69) is 0 Å². The zero-order valence-corrected chi connectivity index (χ0v) is 7.33. The Morgan fingerprint density at radius 1 is 1.46 bits per heavy atom. The van der Waals surface area contributed by atoms with Crippen LogP contribution in [-0.2, 0) is 13.0 Å². The third-order valence-corrected chi connectivity index (χ3v) is 2.71. The molecule has 1 aliphatic carbocycles. The Balaban J connectivity index is 2.57. The zero-order valence-electron chi connectivity index (χ0n) is 7.33. The Hall–Kier alpha value is -1.06. The molecular formula is C10H13NO2. The van der Waals surface area contributed by atoms with Gasteiger partial charge in [0.2, 0.25) is 0 Å². The first kappa shape index (κ1) is 8.53. The highest BCUT2D eigenvalue weighted by Gasteiger charge is 2.22. The molecule has 0 fully saturated rings. The number of aromatic hydroxyl groups is 1. The molecule has 1 aromatic carbocycles. The third kappa shape index (κ3) is 1.20. The molecule has 1 aliphatic rings. The van der Waals surface area contributed by atoms with Crippen LogP contribution in [0.5, 0.6) is 5.75 Å². The lowest BCUT2D eigenvalue weighted by atomic mass is 10.0. The minimum Gasteiger partial charge on any atom is -0.508 e. The average molecular weight is 179 g/mol. The monoisotopic (exact) mass is 179 g/mol. The van der Waals surface area contributed by atoms with Gasteiger partial charge in [0, 0.05) is 11.6 Å². The van der Waals surface area contributed by atoms with Gasteiger partial charge in [0.1, 0.15) is 5.75 Å². The van der Waals surface area contributed by atoms with Crippen LogP contribution in [0, 0.1) is 0 Å². The summed E-state index contributed by atoms with van der Waals surface area (Å²) in [7, 11) is 0. The van der Waals surface area contributed by atoms with E-state index in [0.29, 0.717) is 5.56 Å². The van der Waals surface area contributed by atoms with Crippen LogP contribution in [0.1, 0.15) is 29.2 Å². The fourth-order valence-electron chi connectivity index (χ4n) is 1.97. The van der Waals surface area contributed by atoms with E-state index >= 15 is 0 Å². The largest absolute Gasteiger partial charge is 0.508 e. The van der Waals surface area contributed by atoms with Crippen molar-refractivity contribution in [2.24, 2.45) is 5.73 Å². The molecule has 3 nitrogen and oxygen atoms in total. The normalized spacial score (nSPS) is 20.3. The van der Waals surface area contributed by atoms with Crippen molar-refractivity contribution in [1.82, 2.24) is 0 Å². The Kier molecular flexibility index (Phi) is 1.98. The van der Waals surface area contributed by atoms with Gasteiger partial charge < -0.3 is 15.9 Å². The van der Waals surface area contributed by atoms with E-state index in [4.69, 9.17) is 10.8 Å². The Morgan fingerprint density at radius 3 is 2.92 bits per heavy atom. The fraction of sp³-hybridized carbons (Fsp3) is 0.400. The highest BCUT2D eigenvalue weighted by Crippen LogP contribution is 2.35. The van der Waals surface area contributed by atoms with Gasteiger partial charge in [-0.25, -0.2) is 0 Å². The number of hydrogen-bond acceptors (Lipinski definition) is 3. The highest BCUT2D eigenvalue weighted by molar-refractivity contribution is 5.47. The summed E-state index contributed by atoms with van der Waals surface area (Å²) >= 11 is 0. The van der Waals surface area contributed by atoms with Crippen LogP contribution < -0.4 is 5.73 Å². The zero-order chi connectivity index (χ0) is 9.42. The quantitative estimate of drug-likeness (QED) is 0.598. The topological polar surface area (TPSA) is 66.5 Å². The number of aliphatic hydroxyl groups is 1. The van der Waals surface area contributed by atoms with Crippen molar-refractivity contribution in [2.45, 2.75) is 25.5 Å². The second-order valence-electron chi connectivity index (χ2n) is 3.43. The summed E-state index contributed by atoms with van der Waals surface area (Å²) in [6.07, 6.45) is 1.77. The van der Waals surface area contributed by atoms with Gasteiger partial charge in [0.15, 0.2) is 0 Å². The lowest BCUT2D eigenvalue weighted by Crippen LogP contribution is -2.05. The molecule has 1 aromatic rings. The number of nitrogens with two attached hydrogens (primary N) is 1. The maximum absolute atomic E-state index is 9.46. The van der Waals surface area contributed by atoms with Crippen molar-refractivity contribution in [3.8, 4) is 5.75 Å². The second-order valence-corrected chi connectivity index (χ2v) is 3.43. The SMILES string of the molecule is N[C@@H]1CCc2c1ccc(O)c2CO. The molecule has 4 N–H and O–H groups in total. The van der Waals surface area contributed by atoms with Crippen molar-refractivity contribution in [2.75, 3.05) is 0 Å². The number of aliphatic hydroxyl groups excluding tert-OH is 1. The van der Waals surface area contributed by atoms with Gasteiger partial charge in [0.25, 0.3) is 0 Å². The van der Waals surface area contributed by atoms with E-state index in [1.54, 1.807) is 6.07 Å². The van der Waals surface area contributed by atoms with E-state index in [1.165, 1.54) is 0 Å². The fourth-order valence-corrected chi connectivity index (χ4v) is 1.97. The van der Waals surface area contributed by atoms with E-state index in [0.717, 1.165) is 24.0 Å². The number of benzene rings is 1. The Morgan fingerprint density at radius 2 is 2.23 bits per heavy atom. The van der Waals surface area contributed by atoms with Crippen molar-refractivity contribution < 1.29 is 10.2 Å². The smallest absolute Gasteiger partial charge is 0.121 e. The summed E-state index contributed by atoms with van der Waals surface area (Å²) in [6.45, 7) is -0.109. The molecule has 3 heteroatoms. The second kappa shape index (κ2) is 3.01. The Labute approximate surface area is 76.8 Å².